The van der Waals surface area contributed by atoms with E-state index in [-0.39, 0.29) is 0 Å². The number of nitrogens with zero attached hydrogens (tertiary/aromatic N) is 1. The van der Waals surface area contributed by atoms with Gasteiger partial charge in [0.15, 0.2) is 0 Å². The first-order valence-electron chi connectivity index (χ1n) is 20.2. The highest BCUT2D eigenvalue weighted by atomic mass is 16.3. The van der Waals surface area contributed by atoms with Gasteiger partial charge in [0, 0.05) is 33.5 Å². The van der Waals surface area contributed by atoms with Crippen molar-refractivity contribution < 1.29 is 4.42 Å². The SMILES string of the molecule is CC1=Cc2c(c(-c3ccc4oc5c(-c6c7ccccc7c(-c7ccccc7)c7ccccc67)cccc5c4c3)c3ccccc3c2-c2ccc3cccnc3c2)CC1. The van der Waals surface area contributed by atoms with Crippen LogP contribution in [-0.4, -0.2) is 4.98 Å². The van der Waals surface area contributed by atoms with Gasteiger partial charge in [-0.1, -0.05) is 157 Å². The van der Waals surface area contributed by atoms with Crippen LogP contribution in [0.2, 0.25) is 0 Å². The number of para-hydroxylation sites is 1. The molecule has 12 rings (SSSR count). The summed E-state index contributed by atoms with van der Waals surface area (Å²) in [4.78, 5) is 4.74. The van der Waals surface area contributed by atoms with Crippen molar-refractivity contribution in [3.63, 3.8) is 0 Å². The molecule has 2 heteroatoms. The molecule has 0 spiro atoms. The Balaban J connectivity index is 1.10. The number of allylic oxidation sites excluding steroid dienone is 1. The van der Waals surface area contributed by atoms with Crippen LogP contribution in [0.25, 0.3) is 116 Å². The van der Waals surface area contributed by atoms with Gasteiger partial charge in [-0.25, -0.2) is 0 Å². The number of hydrogen-bond donors (Lipinski definition) is 0. The molecule has 2 heterocycles. The van der Waals surface area contributed by atoms with Gasteiger partial charge in [-0.2, -0.15) is 0 Å². The Labute approximate surface area is 336 Å². The predicted molar refractivity (Wildman–Crippen MR) is 245 cm³/mol. The molecular weight excluding hydrogens is 703 g/mol. The zero-order valence-corrected chi connectivity index (χ0v) is 32.1. The summed E-state index contributed by atoms with van der Waals surface area (Å²) in [6, 6.07) is 61.8. The maximum absolute atomic E-state index is 6.95. The number of furan rings is 1. The number of rotatable bonds is 4. The quantitative estimate of drug-likeness (QED) is 0.168. The van der Waals surface area contributed by atoms with Gasteiger partial charge in [-0.15, -0.1) is 0 Å². The molecule has 0 aliphatic heterocycles. The Morgan fingerprint density at radius 2 is 1.07 bits per heavy atom. The molecular formula is C56H37NO. The summed E-state index contributed by atoms with van der Waals surface area (Å²) in [5.41, 5.74) is 16.8. The van der Waals surface area contributed by atoms with Crippen LogP contribution >= 0.6 is 0 Å². The minimum atomic E-state index is 0.898. The smallest absolute Gasteiger partial charge is 0.143 e. The van der Waals surface area contributed by atoms with Crippen LogP contribution in [0.15, 0.2) is 186 Å². The van der Waals surface area contributed by atoms with Crippen LogP contribution in [0.4, 0.5) is 0 Å². The second kappa shape index (κ2) is 12.9. The number of pyridine rings is 1. The maximum Gasteiger partial charge on any atom is 0.143 e. The molecule has 0 radical (unpaired) electrons. The molecule has 0 atom stereocenters. The van der Waals surface area contributed by atoms with E-state index in [1.165, 1.54) is 88.0 Å². The first-order chi connectivity index (χ1) is 28.7. The van der Waals surface area contributed by atoms with E-state index in [2.05, 4.69) is 177 Å². The molecule has 0 bridgehead atoms. The van der Waals surface area contributed by atoms with Crippen molar-refractivity contribution in [1.82, 2.24) is 4.98 Å². The molecule has 0 unspecified atom stereocenters. The van der Waals surface area contributed by atoms with Gasteiger partial charge in [0.05, 0.1) is 5.52 Å². The van der Waals surface area contributed by atoms with Gasteiger partial charge in [0.1, 0.15) is 11.2 Å². The summed E-state index contributed by atoms with van der Waals surface area (Å²) < 4.78 is 6.95. The summed E-state index contributed by atoms with van der Waals surface area (Å²) in [5, 5.41) is 10.9. The molecule has 0 saturated carbocycles. The van der Waals surface area contributed by atoms with Crippen molar-refractivity contribution in [2.75, 3.05) is 0 Å². The molecule has 272 valence electrons. The number of fused-ring (bicyclic) bond motifs is 8. The average Bonchev–Trinajstić information content (AvgIpc) is 3.66. The van der Waals surface area contributed by atoms with Gasteiger partial charge in [-0.05, 0) is 121 Å². The molecule has 11 aromatic rings. The van der Waals surface area contributed by atoms with Crippen molar-refractivity contribution in [3.05, 3.63) is 193 Å². The molecule has 0 fully saturated rings. The molecule has 0 saturated heterocycles. The Kier molecular flexibility index (Phi) is 7.30. The molecule has 2 nitrogen and oxygen atoms in total. The molecule has 58 heavy (non-hydrogen) atoms. The molecule has 1 aliphatic carbocycles. The third kappa shape index (κ3) is 4.95. The molecule has 1 aliphatic rings. The van der Waals surface area contributed by atoms with E-state index in [1.807, 2.05) is 12.3 Å². The summed E-state index contributed by atoms with van der Waals surface area (Å²) >= 11 is 0. The Bertz CT molecular complexity index is 3460. The van der Waals surface area contributed by atoms with Gasteiger partial charge in [0.25, 0.3) is 0 Å². The maximum atomic E-state index is 6.95. The highest BCUT2D eigenvalue weighted by Crippen LogP contribution is 2.49. The summed E-state index contributed by atoms with van der Waals surface area (Å²) in [5.74, 6) is 0. The van der Waals surface area contributed by atoms with Crippen LogP contribution in [0, 0.1) is 0 Å². The van der Waals surface area contributed by atoms with Crippen molar-refractivity contribution >= 4 is 71.2 Å². The van der Waals surface area contributed by atoms with Crippen LogP contribution in [0.5, 0.6) is 0 Å². The first kappa shape index (κ1) is 32.9. The van der Waals surface area contributed by atoms with Gasteiger partial charge < -0.3 is 4.42 Å². The highest BCUT2D eigenvalue weighted by molar-refractivity contribution is 6.24. The fourth-order valence-corrected chi connectivity index (χ4v) is 9.92. The third-order valence-corrected chi connectivity index (χ3v) is 12.5. The van der Waals surface area contributed by atoms with E-state index in [1.54, 1.807) is 0 Å². The summed E-state index contributed by atoms with van der Waals surface area (Å²) in [7, 11) is 0. The van der Waals surface area contributed by atoms with Crippen LogP contribution < -0.4 is 0 Å². The lowest BCUT2D eigenvalue weighted by molar-refractivity contribution is 0.670. The largest absolute Gasteiger partial charge is 0.455 e. The van der Waals surface area contributed by atoms with E-state index >= 15 is 0 Å². The molecule has 0 amide bonds. The number of hydrogen-bond acceptors (Lipinski definition) is 2. The summed E-state index contributed by atoms with van der Waals surface area (Å²) in [6.07, 6.45) is 6.35. The van der Waals surface area contributed by atoms with Crippen LogP contribution in [0.3, 0.4) is 0 Å². The summed E-state index contributed by atoms with van der Waals surface area (Å²) in [6.45, 7) is 2.27. The van der Waals surface area contributed by atoms with Crippen molar-refractivity contribution in [1.29, 1.82) is 0 Å². The zero-order chi connectivity index (χ0) is 38.3. The Morgan fingerprint density at radius 3 is 1.81 bits per heavy atom. The Morgan fingerprint density at radius 1 is 0.448 bits per heavy atom. The van der Waals surface area contributed by atoms with Gasteiger partial charge in [0.2, 0.25) is 0 Å². The van der Waals surface area contributed by atoms with Crippen molar-refractivity contribution in [2.24, 2.45) is 0 Å². The second-order valence-corrected chi connectivity index (χ2v) is 15.8. The molecule has 0 N–H and O–H groups in total. The lowest BCUT2D eigenvalue weighted by Crippen LogP contribution is -2.04. The van der Waals surface area contributed by atoms with Crippen LogP contribution in [0.1, 0.15) is 24.5 Å². The second-order valence-electron chi connectivity index (χ2n) is 15.8. The lowest BCUT2D eigenvalue weighted by atomic mass is 9.78. The standard InChI is InChI=1S/C56H37NO/c1-34-24-28-45-49(31-34)54(38-26-25-35-15-12-30-57-50(35)33-38)40-17-6-5-16-39(40)53(45)37-27-29-51-48(32-37)46-22-11-23-47(56(46)58-51)55-43-20-9-7-18-41(43)52(36-13-3-2-4-14-36)42-19-8-10-21-44(42)55/h2-23,25-27,29-33H,24,28H2,1H3. The average molecular weight is 740 g/mol. The fourth-order valence-electron chi connectivity index (χ4n) is 9.92. The van der Waals surface area contributed by atoms with E-state index in [0.717, 1.165) is 51.2 Å². The zero-order valence-electron chi connectivity index (χ0n) is 32.1. The number of aromatic nitrogens is 1. The molecule has 2 aromatic heterocycles. The topological polar surface area (TPSA) is 26.0 Å². The van der Waals surface area contributed by atoms with E-state index < -0.39 is 0 Å². The van der Waals surface area contributed by atoms with E-state index in [4.69, 9.17) is 9.40 Å². The van der Waals surface area contributed by atoms with Crippen molar-refractivity contribution in [2.45, 2.75) is 19.8 Å². The highest BCUT2D eigenvalue weighted by Gasteiger charge is 2.25. The first-order valence-corrected chi connectivity index (χ1v) is 20.2. The lowest BCUT2D eigenvalue weighted by Gasteiger charge is -2.25. The molecule has 9 aromatic carbocycles. The minimum Gasteiger partial charge on any atom is -0.455 e. The normalized spacial score (nSPS) is 12.9. The van der Waals surface area contributed by atoms with Gasteiger partial charge >= 0.3 is 0 Å². The van der Waals surface area contributed by atoms with Crippen LogP contribution in [-0.2, 0) is 6.42 Å². The van der Waals surface area contributed by atoms with E-state index in [9.17, 15) is 0 Å². The Hall–Kier alpha value is -7.29. The monoisotopic (exact) mass is 739 g/mol. The fraction of sp³-hybridized carbons (Fsp3) is 0.0536. The predicted octanol–water partition coefficient (Wildman–Crippen LogP) is 15.6. The number of benzene rings is 9. The van der Waals surface area contributed by atoms with Gasteiger partial charge in [-0.3, -0.25) is 4.98 Å². The minimum absolute atomic E-state index is 0.898. The third-order valence-electron chi connectivity index (χ3n) is 12.5. The van der Waals surface area contributed by atoms with E-state index in [0.29, 0.717) is 0 Å². The van der Waals surface area contributed by atoms with Crippen molar-refractivity contribution in [3.8, 4) is 44.5 Å².